The van der Waals surface area contributed by atoms with Gasteiger partial charge >= 0.3 is 6.03 Å². The molecule has 1 N–H and O–H groups in total. The van der Waals surface area contributed by atoms with Crippen molar-refractivity contribution in [2.24, 2.45) is 0 Å². The summed E-state index contributed by atoms with van der Waals surface area (Å²) in [5.41, 5.74) is 5.42. The van der Waals surface area contributed by atoms with E-state index in [0.717, 1.165) is 24.2 Å². The van der Waals surface area contributed by atoms with Crippen molar-refractivity contribution in [1.82, 2.24) is 4.90 Å². The number of anilines is 2. The van der Waals surface area contributed by atoms with Crippen LogP contribution in [0.3, 0.4) is 0 Å². The quantitative estimate of drug-likeness (QED) is 0.498. The van der Waals surface area contributed by atoms with Crippen LogP contribution >= 0.6 is 0 Å². The van der Waals surface area contributed by atoms with Gasteiger partial charge in [0.25, 0.3) is 5.91 Å². The molecule has 7 nitrogen and oxygen atoms in total. The van der Waals surface area contributed by atoms with Crippen LogP contribution in [0.15, 0.2) is 60.7 Å². The number of ether oxygens (including phenoxy) is 2. The number of urea groups is 1. The monoisotopic (exact) mass is 473 g/mol. The van der Waals surface area contributed by atoms with E-state index in [-0.39, 0.29) is 11.9 Å². The molecule has 0 aromatic heterocycles. The van der Waals surface area contributed by atoms with E-state index in [1.54, 1.807) is 49.5 Å². The van der Waals surface area contributed by atoms with Gasteiger partial charge in [0.05, 0.1) is 14.2 Å². The van der Waals surface area contributed by atoms with E-state index in [4.69, 9.17) is 9.47 Å². The Kier molecular flexibility index (Phi) is 7.25. The SMILES string of the molecule is COc1cc(OC)cc(C(=O)Nc2ccc(N3CCCN(Cc4cc(C)cc(C)c4)C3=O)cc2)c1. The lowest BCUT2D eigenvalue weighted by molar-refractivity contribution is 0.102. The number of hydrogen-bond acceptors (Lipinski definition) is 4. The average molecular weight is 474 g/mol. The number of aryl methyl sites for hydroxylation is 2. The maximum Gasteiger partial charge on any atom is 0.324 e. The summed E-state index contributed by atoms with van der Waals surface area (Å²) >= 11 is 0. The van der Waals surface area contributed by atoms with Crippen molar-refractivity contribution >= 4 is 23.3 Å². The van der Waals surface area contributed by atoms with Crippen molar-refractivity contribution in [3.05, 3.63) is 82.9 Å². The van der Waals surface area contributed by atoms with Crippen LogP contribution in [0, 0.1) is 13.8 Å². The highest BCUT2D eigenvalue weighted by molar-refractivity contribution is 6.05. The first kappa shape index (κ1) is 24.1. The predicted octanol–water partition coefficient (Wildman–Crippen LogP) is 5.41. The molecule has 1 saturated heterocycles. The highest BCUT2D eigenvalue weighted by Crippen LogP contribution is 2.26. The summed E-state index contributed by atoms with van der Waals surface area (Å²) < 4.78 is 10.5. The standard InChI is InChI=1S/C28H31N3O4/c1-19-12-20(2)14-21(13-19)18-30-10-5-11-31(28(30)33)24-8-6-23(7-9-24)29-27(32)22-15-25(34-3)17-26(16-22)35-4/h6-9,12-17H,5,10-11,18H2,1-4H3,(H,29,32). The number of nitrogens with zero attached hydrogens (tertiary/aromatic N) is 2. The lowest BCUT2D eigenvalue weighted by atomic mass is 10.1. The zero-order valence-electron chi connectivity index (χ0n) is 20.6. The molecule has 1 heterocycles. The summed E-state index contributed by atoms with van der Waals surface area (Å²) in [4.78, 5) is 29.7. The zero-order valence-corrected chi connectivity index (χ0v) is 20.6. The summed E-state index contributed by atoms with van der Waals surface area (Å²) in [6, 6.07) is 18.8. The van der Waals surface area contributed by atoms with E-state index >= 15 is 0 Å². The summed E-state index contributed by atoms with van der Waals surface area (Å²) in [5, 5.41) is 2.89. The third-order valence-corrected chi connectivity index (χ3v) is 6.02. The Balaban J connectivity index is 1.44. The van der Waals surface area contributed by atoms with E-state index in [1.165, 1.54) is 11.1 Å². The second-order valence-electron chi connectivity index (χ2n) is 8.81. The topological polar surface area (TPSA) is 71.1 Å². The van der Waals surface area contributed by atoms with Crippen molar-refractivity contribution in [3.8, 4) is 11.5 Å². The number of carbonyl (C=O) groups is 2. The summed E-state index contributed by atoms with van der Waals surface area (Å²) in [7, 11) is 3.08. The highest BCUT2D eigenvalue weighted by Gasteiger charge is 2.27. The van der Waals surface area contributed by atoms with Crippen molar-refractivity contribution in [3.63, 3.8) is 0 Å². The molecule has 1 fully saturated rings. The van der Waals surface area contributed by atoms with Gasteiger partial charge < -0.3 is 19.7 Å². The van der Waals surface area contributed by atoms with Gasteiger partial charge in [-0.1, -0.05) is 29.3 Å². The third-order valence-electron chi connectivity index (χ3n) is 6.02. The fourth-order valence-corrected chi connectivity index (χ4v) is 4.42. The molecule has 0 radical (unpaired) electrons. The fourth-order valence-electron chi connectivity index (χ4n) is 4.42. The van der Waals surface area contributed by atoms with Gasteiger partial charge in [0.2, 0.25) is 0 Å². The molecule has 3 amide bonds. The number of rotatable bonds is 7. The molecular weight excluding hydrogens is 442 g/mol. The number of carbonyl (C=O) groups excluding carboxylic acids is 2. The molecule has 35 heavy (non-hydrogen) atoms. The van der Waals surface area contributed by atoms with Crippen LogP contribution in [0.1, 0.15) is 33.5 Å². The third kappa shape index (κ3) is 5.74. The van der Waals surface area contributed by atoms with E-state index in [2.05, 4.69) is 37.4 Å². The molecule has 0 aliphatic carbocycles. The van der Waals surface area contributed by atoms with Gasteiger partial charge in [-0.2, -0.15) is 0 Å². The predicted molar refractivity (Wildman–Crippen MR) is 138 cm³/mol. The van der Waals surface area contributed by atoms with Crippen LogP contribution in [0.5, 0.6) is 11.5 Å². The molecule has 3 aromatic rings. The van der Waals surface area contributed by atoms with Crippen LogP contribution in [-0.4, -0.2) is 44.1 Å². The molecule has 4 rings (SSSR count). The van der Waals surface area contributed by atoms with E-state index in [0.29, 0.717) is 35.8 Å². The van der Waals surface area contributed by atoms with Gasteiger partial charge in [-0.3, -0.25) is 9.69 Å². The van der Waals surface area contributed by atoms with E-state index < -0.39 is 0 Å². The Morgan fingerprint density at radius 3 is 2.11 bits per heavy atom. The molecular formula is C28H31N3O4. The molecule has 0 saturated carbocycles. The second kappa shape index (κ2) is 10.5. The first-order chi connectivity index (χ1) is 16.9. The summed E-state index contributed by atoms with van der Waals surface area (Å²) in [5.74, 6) is 0.807. The molecule has 0 bridgehead atoms. The average Bonchev–Trinajstić information content (AvgIpc) is 2.85. The van der Waals surface area contributed by atoms with Crippen molar-refractivity contribution < 1.29 is 19.1 Å². The Labute approximate surface area is 206 Å². The lowest BCUT2D eigenvalue weighted by Crippen LogP contribution is -2.49. The number of nitrogens with one attached hydrogen (secondary N) is 1. The van der Waals surface area contributed by atoms with Crippen LogP contribution in [0.4, 0.5) is 16.2 Å². The largest absolute Gasteiger partial charge is 0.497 e. The molecule has 3 aromatic carbocycles. The van der Waals surface area contributed by atoms with Gasteiger partial charge in [-0.15, -0.1) is 0 Å². The van der Waals surface area contributed by atoms with Crippen LogP contribution < -0.4 is 19.7 Å². The van der Waals surface area contributed by atoms with E-state index in [9.17, 15) is 9.59 Å². The highest BCUT2D eigenvalue weighted by atomic mass is 16.5. The minimum Gasteiger partial charge on any atom is -0.497 e. The van der Waals surface area contributed by atoms with Gasteiger partial charge in [-0.25, -0.2) is 4.79 Å². The molecule has 1 aliphatic heterocycles. The molecule has 1 aliphatic rings. The number of hydrogen-bond donors (Lipinski definition) is 1. The Bertz CT molecular complexity index is 1180. The molecule has 7 heteroatoms. The lowest BCUT2D eigenvalue weighted by Gasteiger charge is -2.36. The second-order valence-corrected chi connectivity index (χ2v) is 8.81. The van der Waals surface area contributed by atoms with Gasteiger partial charge in [-0.05, 0) is 62.2 Å². The molecule has 0 unspecified atom stereocenters. The molecule has 0 atom stereocenters. The van der Waals surface area contributed by atoms with Crippen LogP contribution in [-0.2, 0) is 6.54 Å². The Morgan fingerprint density at radius 1 is 0.886 bits per heavy atom. The number of methoxy groups -OCH3 is 2. The zero-order chi connectivity index (χ0) is 24.9. The van der Waals surface area contributed by atoms with Crippen LogP contribution in [0.25, 0.3) is 0 Å². The number of benzene rings is 3. The normalized spacial score (nSPS) is 13.5. The maximum absolute atomic E-state index is 13.2. The molecule has 0 spiro atoms. The van der Waals surface area contributed by atoms with Crippen molar-refractivity contribution in [2.75, 3.05) is 37.5 Å². The van der Waals surface area contributed by atoms with Gasteiger partial charge in [0.1, 0.15) is 11.5 Å². The minimum atomic E-state index is -0.274. The summed E-state index contributed by atoms with van der Waals surface area (Å²) in [6.07, 6.45) is 0.896. The Morgan fingerprint density at radius 2 is 1.51 bits per heavy atom. The Hall–Kier alpha value is -4.00. The first-order valence-electron chi connectivity index (χ1n) is 11.6. The number of amides is 3. The smallest absolute Gasteiger partial charge is 0.324 e. The van der Waals surface area contributed by atoms with Crippen LogP contribution in [0.2, 0.25) is 0 Å². The molecule has 182 valence electrons. The van der Waals surface area contributed by atoms with Gasteiger partial charge in [0.15, 0.2) is 0 Å². The summed E-state index contributed by atoms with van der Waals surface area (Å²) in [6.45, 7) is 6.14. The van der Waals surface area contributed by atoms with Crippen molar-refractivity contribution in [2.45, 2.75) is 26.8 Å². The first-order valence-corrected chi connectivity index (χ1v) is 11.6. The van der Waals surface area contributed by atoms with Crippen molar-refractivity contribution in [1.29, 1.82) is 0 Å². The minimum absolute atomic E-state index is 0.00401. The maximum atomic E-state index is 13.2. The van der Waals surface area contributed by atoms with E-state index in [1.807, 2.05) is 17.0 Å². The van der Waals surface area contributed by atoms with Gasteiger partial charge in [0, 0.05) is 42.6 Å². The fraction of sp³-hybridized carbons (Fsp3) is 0.286.